The van der Waals surface area contributed by atoms with Crippen LogP contribution in [-0.2, 0) is 38.2 Å². The van der Waals surface area contributed by atoms with Crippen LogP contribution in [0, 0.1) is 0 Å². The first-order valence-electron chi connectivity index (χ1n) is 23.3. The van der Waals surface area contributed by atoms with Gasteiger partial charge >= 0.3 is 83.0 Å². The topological polar surface area (TPSA) is 219 Å². The smallest absolute Gasteiger partial charge is 0.550 e. The van der Waals surface area contributed by atoms with Crippen LogP contribution in [0.4, 0.5) is 0 Å². The zero-order valence-electron chi connectivity index (χ0n) is 38.8. The Balaban J connectivity index is -0.000000506. The molecule has 14 heteroatoms. The van der Waals surface area contributed by atoms with E-state index < -0.39 is 47.9 Å². The number of carbonyl (C=O) groups is 6. The van der Waals surface area contributed by atoms with E-state index >= 15 is 0 Å². The van der Waals surface area contributed by atoms with Crippen LogP contribution < -0.4 is 80.8 Å². The molecule has 0 amide bonds. The van der Waals surface area contributed by atoms with Gasteiger partial charge in [-0.25, -0.2) is 9.59 Å². The van der Waals surface area contributed by atoms with Gasteiger partial charge in [0.15, 0.2) is 0 Å². The molecule has 12 nitrogen and oxygen atoms in total. The maximum Gasteiger partial charge on any atom is 1.00 e. The third-order valence-corrected chi connectivity index (χ3v) is 10.3. The molecule has 2 unspecified atom stereocenters. The largest absolute Gasteiger partial charge is 1.00 e. The fourth-order valence-electron chi connectivity index (χ4n) is 6.54. The number of esters is 4. The van der Waals surface area contributed by atoms with E-state index in [0.29, 0.717) is 12.8 Å². The summed E-state index contributed by atoms with van der Waals surface area (Å²) in [6.07, 6.45) is 37.0. The summed E-state index contributed by atoms with van der Waals surface area (Å²) in [4.78, 5) is 67.0. The van der Waals surface area contributed by atoms with E-state index in [1.165, 1.54) is 154 Å². The number of carboxylic acid groups (broad SMARTS) is 2. The van der Waals surface area contributed by atoms with Crippen LogP contribution in [0.5, 0.6) is 0 Å². The van der Waals surface area contributed by atoms with E-state index in [-0.39, 0.29) is 97.6 Å². The molecule has 0 bridgehead atoms. The van der Waals surface area contributed by atoms with E-state index in [0.717, 1.165) is 25.7 Å². The van der Waals surface area contributed by atoms with Gasteiger partial charge in [0, 0.05) is 24.8 Å². The molecular formula is C46H84N2Na2O10. The minimum atomic E-state index is -1.28. The van der Waals surface area contributed by atoms with Gasteiger partial charge in [-0.1, -0.05) is 194 Å². The maximum atomic E-state index is 11.6. The fourth-order valence-corrected chi connectivity index (χ4v) is 6.54. The van der Waals surface area contributed by atoms with Gasteiger partial charge in [-0.3, -0.25) is 9.59 Å². The van der Waals surface area contributed by atoms with Gasteiger partial charge in [-0.2, -0.15) is 0 Å². The number of aliphatic carboxylic acids is 2. The van der Waals surface area contributed by atoms with Crippen LogP contribution in [0.1, 0.15) is 245 Å². The Kier molecular flexibility index (Phi) is 55.6. The molecule has 60 heavy (non-hydrogen) atoms. The summed E-state index contributed by atoms with van der Waals surface area (Å²) in [7, 11) is 0. The van der Waals surface area contributed by atoms with Gasteiger partial charge in [0.1, 0.15) is 12.1 Å². The van der Waals surface area contributed by atoms with E-state index in [2.05, 4.69) is 23.3 Å². The summed E-state index contributed by atoms with van der Waals surface area (Å²) in [6, 6.07) is -2.20. The standard InChI is InChI=1S/2C23H43NO5.2Na/c2*1-2-3-4-5-6-7-8-9-10-11-12-13-14-15-16-17-22(27)29-23(28)20(24)18-19-21(25)26;;/h2*20H,2-19,24H2,1H3,(H,25,26);;/q;;2*+1/p-2. The number of ether oxygens (including phenoxy) is 2. The Labute approximate surface area is 408 Å². The second-order valence-corrected chi connectivity index (χ2v) is 16.0. The summed E-state index contributed by atoms with van der Waals surface area (Å²) < 4.78 is 9.29. The van der Waals surface area contributed by atoms with Gasteiger partial charge in [0.05, 0.1) is 0 Å². The van der Waals surface area contributed by atoms with Gasteiger partial charge in [0.2, 0.25) is 0 Å². The number of hydrogen-bond acceptors (Lipinski definition) is 12. The molecule has 0 aromatic rings. The van der Waals surface area contributed by atoms with Crippen molar-refractivity contribution in [2.24, 2.45) is 11.5 Å². The van der Waals surface area contributed by atoms with E-state index in [9.17, 15) is 39.0 Å². The van der Waals surface area contributed by atoms with Gasteiger partial charge in [-0.15, -0.1) is 0 Å². The van der Waals surface area contributed by atoms with Crippen LogP contribution in [0.25, 0.3) is 0 Å². The molecule has 0 aromatic carbocycles. The molecule has 0 aliphatic heterocycles. The number of unbranched alkanes of at least 4 members (excludes halogenated alkanes) is 28. The number of hydrogen-bond donors (Lipinski definition) is 2. The molecular weight excluding hydrogens is 786 g/mol. The zero-order valence-corrected chi connectivity index (χ0v) is 42.8. The summed E-state index contributed by atoms with van der Waals surface area (Å²) in [6.45, 7) is 4.50. The van der Waals surface area contributed by atoms with Crippen molar-refractivity contribution in [3.05, 3.63) is 0 Å². The molecule has 0 aromatic heterocycles. The normalized spacial score (nSPS) is 11.5. The summed E-state index contributed by atoms with van der Waals surface area (Å²) in [5.74, 6) is -5.47. The van der Waals surface area contributed by atoms with Gasteiger partial charge < -0.3 is 40.7 Å². The molecule has 0 spiro atoms. The summed E-state index contributed by atoms with van der Waals surface area (Å²) in [5.41, 5.74) is 11.0. The van der Waals surface area contributed by atoms with Crippen LogP contribution in [0.15, 0.2) is 0 Å². The third-order valence-electron chi connectivity index (χ3n) is 10.3. The molecule has 4 N–H and O–H groups in total. The quantitative estimate of drug-likeness (QED) is 0.0393. The molecule has 0 heterocycles. The molecule has 2 atom stereocenters. The molecule has 0 fully saturated rings. The van der Waals surface area contributed by atoms with Crippen molar-refractivity contribution in [2.75, 3.05) is 0 Å². The van der Waals surface area contributed by atoms with Gasteiger partial charge in [-0.05, 0) is 38.5 Å². The van der Waals surface area contributed by atoms with Crippen molar-refractivity contribution >= 4 is 35.8 Å². The first-order chi connectivity index (χ1) is 27.9. The minimum absolute atomic E-state index is 0. The monoisotopic (exact) mass is 871 g/mol. The zero-order chi connectivity index (χ0) is 43.5. The molecule has 0 radical (unpaired) electrons. The van der Waals surface area contributed by atoms with Crippen LogP contribution in [0.3, 0.4) is 0 Å². The van der Waals surface area contributed by atoms with E-state index in [1.807, 2.05) is 0 Å². The molecule has 0 saturated carbocycles. The molecule has 0 aliphatic rings. The number of nitrogens with two attached hydrogens (primary N) is 2. The first kappa shape index (κ1) is 65.8. The Bertz CT molecular complexity index is 971. The Morgan fingerprint density at radius 2 is 0.567 bits per heavy atom. The van der Waals surface area contributed by atoms with Crippen LogP contribution in [0.2, 0.25) is 0 Å². The van der Waals surface area contributed by atoms with Crippen molar-refractivity contribution in [1.82, 2.24) is 0 Å². The van der Waals surface area contributed by atoms with E-state index in [1.54, 1.807) is 0 Å². The average molecular weight is 871 g/mol. The van der Waals surface area contributed by atoms with Crippen molar-refractivity contribution < 1.29 is 108 Å². The van der Waals surface area contributed by atoms with Crippen molar-refractivity contribution in [2.45, 2.75) is 257 Å². The SMILES string of the molecule is CCCCCCCCCCCCCCCCCC(=O)OC(=O)C(N)CCC(=O)[O-].CCCCCCCCCCCCCCCCCC(=O)OC(=O)C(N)CCC(=O)[O-].[Na+].[Na+]. The first-order valence-corrected chi connectivity index (χ1v) is 23.3. The minimum Gasteiger partial charge on any atom is -0.550 e. The molecule has 0 aliphatic carbocycles. The van der Waals surface area contributed by atoms with Crippen molar-refractivity contribution in [3.63, 3.8) is 0 Å². The average Bonchev–Trinajstić information content (AvgIpc) is 3.19. The van der Waals surface area contributed by atoms with E-state index in [4.69, 9.17) is 11.5 Å². The predicted octanol–water partition coefficient (Wildman–Crippen LogP) is 2.36. The Morgan fingerprint density at radius 1 is 0.367 bits per heavy atom. The molecule has 0 rings (SSSR count). The van der Waals surface area contributed by atoms with Crippen molar-refractivity contribution in [1.29, 1.82) is 0 Å². The molecule has 340 valence electrons. The van der Waals surface area contributed by atoms with Crippen LogP contribution in [-0.4, -0.2) is 47.9 Å². The maximum absolute atomic E-state index is 11.6. The van der Waals surface area contributed by atoms with Crippen LogP contribution >= 0.6 is 0 Å². The summed E-state index contributed by atoms with van der Waals surface area (Å²) >= 11 is 0. The number of rotatable bonds is 40. The van der Waals surface area contributed by atoms with Crippen molar-refractivity contribution in [3.8, 4) is 0 Å². The second kappa shape index (κ2) is 50.8. The predicted molar refractivity (Wildman–Crippen MR) is 226 cm³/mol. The van der Waals surface area contributed by atoms with Gasteiger partial charge in [0.25, 0.3) is 0 Å². The molecule has 0 saturated heterocycles. The number of carbonyl (C=O) groups excluding carboxylic acids is 6. The fraction of sp³-hybridized carbons (Fsp3) is 0.870. The summed E-state index contributed by atoms with van der Waals surface area (Å²) in [5, 5.41) is 20.7. The number of carboxylic acids is 2. The Morgan fingerprint density at radius 3 is 0.767 bits per heavy atom. The Hall–Kier alpha value is -0.860. The second-order valence-electron chi connectivity index (χ2n) is 16.0. The third kappa shape index (κ3) is 51.5.